The van der Waals surface area contributed by atoms with Crippen LogP contribution in [0.1, 0.15) is 39.5 Å². The van der Waals surface area contributed by atoms with Crippen molar-refractivity contribution in [2.45, 2.75) is 57.7 Å². The van der Waals surface area contributed by atoms with E-state index in [9.17, 15) is 0 Å². The first kappa shape index (κ1) is 12.9. The molecular formula is C12H26N2O. The van der Waals surface area contributed by atoms with E-state index in [1.807, 2.05) is 0 Å². The molecule has 0 bridgehead atoms. The Hall–Kier alpha value is -0.120. The monoisotopic (exact) mass is 214 g/mol. The summed E-state index contributed by atoms with van der Waals surface area (Å²) < 4.78 is 5.06. The van der Waals surface area contributed by atoms with Crippen molar-refractivity contribution in [2.75, 3.05) is 20.3 Å². The van der Waals surface area contributed by atoms with Gasteiger partial charge in [-0.2, -0.15) is 0 Å². The Bertz CT molecular complexity index is 165. The third-order valence-corrected chi connectivity index (χ3v) is 3.51. The van der Waals surface area contributed by atoms with Gasteiger partial charge in [0.15, 0.2) is 0 Å². The van der Waals surface area contributed by atoms with Gasteiger partial charge in [0.05, 0.1) is 0 Å². The number of likely N-dealkylation sites (tertiary alicyclic amines) is 1. The van der Waals surface area contributed by atoms with E-state index in [-0.39, 0.29) is 6.04 Å². The molecule has 0 spiro atoms. The van der Waals surface area contributed by atoms with E-state index in [0.717, 1.165) is 19.6 Å². The van der Waals surface area contributed by atoms with E-state index in [1.165, 1.54) is 19.3 Å². The van der Waals surface area contributed by atoms with Crippen molar-refractivity contribution in [1.29, 1.82) is 0 Å². The molecule has 3 unspecified atom stereocenters. The van der Waals surface area contributed by atoms with Gasteiger partial charge in [-0.05, 0) is 33.1 Å². The highest BCUT2D eigenvalue weighted by Crippen LogP contribution is 2.22. The van der Waals surface area contributed by atoms with Gasteiger partial charge in [-0.15, -0.1) is 0 Å². The van der Waals surface area contributed by atoms with Gasteiger partial charge in [0.1, 0.15) is 0 Å². The first-order valence-corrected chi connectivity index (χ1v) is 6.15. The minimum absolute atomic E-state index is 0.257. The Kier molecular flexibility index (Phi) is 5.58. The van der Waals surface area contributed by atoms with Crippen molar-refractivity contribution in [3.8, 4) is 0 Å². The fraction of sp³-hybridized carbons (Fsp3) is 1.00. The van der Waals surface area contributed by atoms with Crippen LogP contribution in [0.4, 0.5) is 0 Å². The first-order chi connectivity index (χ1) is 7.15. The molecule has 3 atom stereocenters. The number of methoxy groups -OCH3 is 1. The Balaban J connectivity index is 2.33. The highest BCUT2D eigenvalue weighted by Gasteiger charge is 2.25. The van der Waals surface area contributed by atoms with Crippen molar-refractivity contribution < 1.29 is 4.74 Å². The van der Waals surface area contributed by atoms with Crippen molar-refractivity contribution in [1.82, 2.24) is 4.90 Å². The SMILES string of the molecule is COCCC(N)CN1C(C)CCCC1C. The fourth-order valence-electron chi connectivity index (χ4n) is 2.47. The van der Waals surface area contributed by atoms with Gasteiger partial charge in [-0.3, -0.25) is 4.90 Å². The molecule has 15 heavy (non-hydrogen) atoms. The van der Waals surface area contributed by atoms with Crippen LogP contribution in [0.3, 0.4) is 0 Å². The fourth-order valence-corrected chi connectivity index (χ4v) is 2.47. The van der Waals surface area contributed by atoms with E-state index in [2.05, 4.69) is 18.7 Å². The summed E-state index contributed by atoms with van der Waals surface area (Å²) >= 11 is 0. The summed E-state index contributed by atoms with van der Waals surface area (Å²) in [6.45, 7) is 6.43. The Morgan fingerprint density at radius 3 is 2.47 bits per heavy atom. The second-order valence-electron chi connectivity index (χ2n) is 4.87. The highest BCUT2D eigenvalue weighted by molar-refractivity contribution is 4.82. The van der Waals surface area contributed by atoms with E-state index >= 15 is 0 Å². The molecular weight excluding hydrogens is 188 g/mol. The second-order valence-corrected chi connectivity index (χ2v) is 4.87. The van der Waals surface area contributed by atoms with Crippen molar-refractivity contribution in [2.24, 2.45) is 5.73 Å². The van der Waals surface area contributed by atoms with Gasteiger partial charge in [0.25, 0.3) is 0 Å². The average Bonchev–Trinajstić information content (AvgIpc) is 2.21. The molecule has 3 nitrogen and oxygen atoms in total. The molecule has 3 heteroatoms. The molecule has 2 N–H and O–H groups in total. The third-order valence-electron chi connectivity index (χ3n) is 3.51. The molecule has 90 valence electrons. The van der Waals surface area contributed by atoms with E-state index in [1.54, 1.807) is 7.11 Å². The number of ether oxygens (including phenoxy) is 1. The standard InChI is InChI=1S/C12H26N2O/c1-10-5-4-6-11(2)14(10)9-12(13)7-8-15-3/h10-12H,4-9,13H2,1-3H3. The molecule has 0 saturated carbocycles. The van der Waals surface area contributed by atoms with Gasteiger partial charge in [0, 0.05) is 38.4 Å². The van der Waals surface area contributed by atoms with Crippen LogP contribution >= 0.6 is 0 Å². The van der Waals surface area contributed by atoms with Crippen LogP contribution in [0.5, 0.6) is 0 Å². The highest BCUT2D eigenvalue weighted by atomic mass is 16.5. The lowest BCUT2D eigenvalue weighted by Gasteiger charge is -2.40. The summed E-state index contributed by atoms with van der Waals surface area (Å²) in [5.41, 5.74) is 6.09. The topological polar surface area (TPSA) is 38.5 Å². The predicted molar refractivity (Wildman–Crippen MR) is 63.9 cm³/mol. The van der Waals surface area contributed by atoms with Crippen LogP contribution in [0.2, 0.25) is 0 Å². The second kappa shape index (κ2) is 6.46. The van der Waals surface area contributed by atoms with Crippen LogP contribution < -0.4 is 5.73 Å². The zero-order chi connectivity index (χ0) is 11.3. The lowest BCUT2D eigenvalue weighted by molar-refractivity contribution is 0.0892. The molecule has 1 heterocycles. The maximum Gasteiger partial charge on any atom is 0.0477 e. The predicted octanol–water partition coefficient (Wildman–Crippen LogP) is 1.61. The summed E-state index contributed by atoms with van der Waals surface area (Å²) in [5.74, 6) is 0. The molecule has 1 aliphatic heterocycles. The molecule has 1 saturated heterocycles. The molecule has 1 rings (SSSR count). The molecule has 0 aromatic rings. The molecule has 0 aromatic carbocycles. The lowest BCUT2D eigenvalue weighted by Crippen LogP contribution is -2.49. The average molecular weight is 214 g/mol. The normalized spacial score (nSPS) is 30.4. The number of nitrogens with zero attached hydrogens (tertiary/aromatic N) is 1. The van der Waals surface area contributed by atoms with Crippen molar-refractivity contribution >= 4 is 0 Å². The van der Waals surface area contributed by atoms with Gasteiger partial charge in [-0.1, -0.05) is 6.42 Å². The zero-order valence-electron chi connectivity index (χ0n) is 10.4. The molecule has 0 aromatic heterocycles. The van der Waals surface area contributed by atoms with Crippen molar-refractivity contribution in [3.05, 3.63) is 0 Å². The van der Waals surface area contributed by atoms with Gasteiger partial charge < -0.3 is 10.5 Å². The number of rotatable bonds is 5. The smallest absolute Gasteiger partial charge is 0.0477 e. The number of piperidine rings is 1. The van der Waals surface area contributed by atoms with E-state index < -0.39 is 0 Å². The van der Waals surface area contributed by atoms with Gasteiger partial charge >= 0.3 is 0 Å². The van der Waals surface area contributed by atoms with E-state index in [4.69, 9.17) is 10.5 Å². The Morgan fingerprint density at radius 2 is 1.93 bits per heavy atom. The number of hydrogen-bond donors (Lipinski definition) is 1. The maximum atomic E-state index is 6.09. The van der Waals surface area contributed by atoms with Crippen LogP contribution in [0, 0.1) is 0 Å². The summed E-state index contributed by atoms with van der Waals surface area (Å²) in [5, 5.41) is 0. The van der Waals surface area contributed by atoms with Crippen molar-refractivity contribution in [3.63, 3.8) is 0 Å². The van der Waals surface area contributed by atoms with E-state index in [0.29, 0.717) is 12.1 Å². The van der Waals surface area contributed by atoms with Gasteiger partial charge in [0.2, 0.25) is 0 Å². The maximum absolute atomic E-state index is 6.09. The minimum Gasteiger partial charge on any atom is -0.385 e. The molecule has 0 aliphatic carbocycles. The van der Waals surface area contributed by atoms with Crippen LogP contribution in [-0.4, -0.2) is 43.3 Å². The quantitative estimate of drug-likeness (QED) is 0.755. The summed E-state index contributed by atoms with van der Waals surface area (Å²) in [6.07, 6.45) is 4.97. The zero-order valence-corrected chi connectivity index (χ0v) is 10.4. The lowest BCUT2D eigenvalue weighted by atomic mass is 9.96. The molecule has 0 radical (unpaired) electrons. The number of nitrogens with two attached hydrogens (primary N) is 1. The minimum atomic E-state index is 0.257. The number of hydrogen-bond acceptors (Lipinski definition) is 3. The summed E-state index contributed by atoms with van der Waals surface area (Å²) in [4.78, 5) is 2.56. The summed E-state index contributed by atoms with van der Waals surface area (Å²) in [6, 6.07) is 1.65. The first-order valence-electron chi connectivity index (χ1n) is 6.15. The molecule has 1 aliphatic rings. The van der Waals surface area contributed by atoms with Crippen LogP contribution in [0.25, 0.3) is 0 Å². The van der Waals surface area contributed by atoms with Gasteiger partial charge in [-0.25, -0.2) is 0 Å². The molecule has 1 fully saturated rings. The Morgan fingerprint density at radius 1 is 1.33 bits per heavy atom. The molecule has 0 amide bonds. The van der Waals surface area contributed by atoms with Crippen LogP contribution in [0.15, 0.2) is 0 Å². The largest absolute Gasteiger partial charge is 0.385 e. The summed E-state index contributed by atoms with van der Waals surface area (Å²) in [7, 11) is 1.73. The Labute approximate surface area is 94.0 Å². The van der Waals surface area contributed by atoms with Crippen LogP contribution in [-0.2, 0) is 4.74 Å². The third kappa shape index (κ3) is 4.09.